The summed E-state index contributed by atoms with van der Waals surface area (Å²) in [5, 5.41) is 0. The highest BCUT2D eigenvalue weighted by molar-refractivity contribution is 4.21. The number of hydrogen-bond donors (Lipinski definition) is 0. The van der Waals surface area contributed by atoms with E-state index >= 15 is 0 Å². The van der Waals surface area contributed by atoms with Crippen LogP contribution in [0.25, 0.3) is 0 Å². The molecule has 1 atom stereocenters. The largest absolute Gasteiger partial charge is 0.366 e. The van der Waals surface area contributed by atoms with Gasteiger partial charge in [0.05, 0.1) is 0 Å². The molecule has 0 spiro atoms. The molecular formula is C3H8NO. The molecule has 0 aromatic rings. The van der Waals surface area contributed by atoms with Crippen molar-refractivity contribution in [1.82, 2.24) is 5.73 Å². The van der Waals surface area contributed by atoms with E-state index in [1.165, 1.54) is 7.11 Å². The first-order valence-electron chi connectivity index (χ1n) is 1.51. The lowest BCUT2D eigenvalue weighted by atomic mass is 10.7. The molecular weight excluding hydrogens is 66.0 g/mol. The second-order valence-electron chi connectivity index (χ2n) is 0.878. The molecule has 0 saturated heterocycles. The van der Waals surface area contributed by atoms with Gasteiger partial charge in [0.2, 0.25) is 0 Å². The molecule has 0 fully saturated rings. The topological polar surface area (TPSA) is 33.0 Å². The number of rotatable bonds is 1. The lowest BCUT2D eigenvalue weighted by molar-refractivity contribution is 0.118. The van der Waals surface area contributed by atoms with E-state index in [1.807, 2.05) is 0 Å². The Kier molecular flexibility index (Phi) is 2.14. The predicted octanol–water partition coefficient (Wildman–Crippen LogP) is 0.262. The molecule has 0 aromatic carbocycles. The monoisotopic (exact) mass is 74.1 g/mol. The van der Waals surface area contributed by atoms with Crippen LogP contribution in [0.1, 0.15) is 6.92 Å². The average Bonchev–Trinajstić information content (AvgIpc) is 1.38. The lowest BCUT2D eigenvalue weighted by Crippen LogP contribution is -2.02. The fraction of sp³-hybridized carbons (Fsp3) is 1.00. The fourth-order valence-electron chi connectivity index (χ4n) is 0. The Morgan fingerprint density at radius 2 is 2.00 bits per heavy atom. The SMILES string of the molecule is COC(C)[NH]. The third-order valence-corrected chi connectivity index (χ3v) is 0.354. The van der Waals surface area contributed by atoms with Crippen molar-refractivity contribution in [3.05, 3.63) is 0 Å². The van der Waals surface area contributed by atoms with Crippen LogP contribution in [0.3, 0.4) is 0 Å². The van der Waals surface area contributed by atoms with E-state index in [1.54, 1.807) is 6.92 Å². The van der Waals surface area contributed by atoms with Crippen LogP contribution in [0.15, 0.2) is 0 Å². The van der Waals surface area contributed by atoms with E-state index in [0.29, 0.717) is 0 Å². The Morgan fingerprint density at radius 1 is 1.80 bits per heavy atom. The second-order valence-corrected chi connectivity index (χ2v) is 0.878. The standard InChI is InChI=1S/C3H8NO/c1-3(4)5-2/h3-4H,1-2H3. The van der Waals surface area contributed by atoms with Crippen LogP contribution in [-0.2, 0) is 4.74 Å². The third kappa shape index (κ3) is 3.92. The summed E-state index contributed by atoms with van der Waals surface area (Å²) in [6, 6.07) is 0. The molecule has 1 unspecified atom stereocenters. The van der Waals surface area contributed by atoms with Gasteiger partial charge in [-0.05, 0) is 6.92 Å². The summed E-state index contributed by atoms with van der Waals surface area (Å²) in [6.45, 7) is 1.67. The van der Waals surface area contributed by atoms with Gasteiger partial charge in [0.1, 0.15) is 6.23 Å². The van der Waals surface area contributed by atoms with E-state index < -0.39 is 0 Å². The van der Waals surface area contributed by atoms with Gasteiger partial charge in [-0.25, -0.2) is 5.73 Å². The van der Waals surface area contributed by atoms with Gasteiger partial charge in [0, 0.05) is 7.11 Å². The van der Waals surface area contributed by atoms with Crippen LogP contribution in [0.2, 0.25) is 0 Å². The smallest absolute Gasteiger partial charge is 0.117 e. The quantitative estimate of drug-likeness (QED) is 0.439. The first-order valence-corrected chi connectivity index (χ1v) is 1.51. The van der Waals surface area contributed by atoms with Gasteiger partial charge in [-0.3, -0.25) is 0 Å². The zero-order chi connectivity index (χ0) is 4.28. The minimum Gasteiger partial charge on any atom is -0.366 e. The summed E-state index contributed by atoms with van der Waals surface area (Å²) in [6.07, 6.45) is -0.366. The van der Waals surface area contributed by atoms with Crippen LogP contribution in [0.4, 0.5) is 0 Å². The minimum atomic E-state index is -0.366. The van der Waals surface area contributed by atoms with Gasteiger partial charge in [0.15, 0.2) is 0 Å². The summed E-state index contributed by atoms with van der Waals surface area (Å²) >= 11 is 0. The molecule has 2 heteroatoms. The Morgan fingerprint density at radius 3 is 2.00 bits per heavy atom. The predicted molar refractivity (Wildman–Crippen MR) is 19.6 cm³/mol. The van der Waals surface area contributed by atoms with Gasteiger partial charge in [-0.1, -0.05) is 0 Å². The molecule has 5 heavy (non-hydrogen) atoms. The Bertz CT molecular complexity index is 20.9. The van der Waals surface area contributed by atoms with Crippen LogP contribution < -0.4 is 5.73 Å². The van der Waals surface area contributed by atoms with Crippen molar-refractivity contribution in [3.63, 3.8) is 0 Å². The summed E-state index contributed by atoms with van der Waals surface area (Å²) in [5.41, 5.74) is 6.60. The average molecular weight is 74.1 g/mol. The van der Waals surface area contributed by atoms with Gasteiger partial charge in [-0.15, -0.1) is 0 Å². The van der Waals surface area contributed by atoms with Crippen molar-refractivity contribution < 1.29 is 4.74 Å². The second kappa shape index (κ2) is 2.18. The van der Waals surface area contributed by atoms with E-state index in [9.17, 15) is 0 Å². The lowest BCUT2D eigenvalue weighted by Gasteiger charge is -1.93. The first-order chi connectivity index (χ1) is 2.27. The van der Waals surface area contributed by atoms with Gasteiger partial charge >= 0.3 is 0 Å². The molecule has 0 rings (SSSR count). The molecule has 0 aliphatic rings. The normalized spacial score (nSPS) is 15.0. The van der Waals surface area contributed by atoms with Gasteiger partial charge < -0.3 is 4.74 Å². The van der Waals surface area contributed by atoms with Crippen LogP contribution in [0.5, 0.6) is 0 Å². The Hall–Kier alpha value is -0.0800. The fourth-order valence-corrected chi connectivity index (χ4v) is 0. The molecule has 0 heterocycles. The summed E-state index contributed by atoms with van der Waals surface area (Å²) in [7, 11) is 1.51. The number of methoxy groups -OCH3 is 1. The molecule has 31 valence electrons. The van der Waals surface area contributed by atoms with E-state index in [-0.39, 0.29) is 6.23 Å². The van der Waals surface area contributed by atoms with Crippen molar-refractivity contribution in [1.29, 1.82) is 0 Å². The van der Waals surface area contributed by atoms with Crippen LogP contribution in [-0.4, -0.2) is 13.3 Å². The van der Waals surface area contributed by atoms with E-state index in [4.69, 9.17) is 5.73 Å². The van der Waals surface area contributed by atoms with Crippen molar-refractivity contribution in [2.45, 2.75) is 13.2 Å². The highest BCUT2D eigenvalue weighted by Crippen LogP contribution is 1.70. The number of nitrogens with one attached hydrogen (secondary N) is 1. The van der Waals surface area contributed by atoms with Gasteiger partial charge in [-0.2, -0.15) is 0 Å². The van der Waals surface area contributed by atoms with Crippen LogP contribution >= 0.6 is 0 Å². The maximum atomic E-state index is 6.60. The summed E-state index contributed by atoms with van der Waals surface area (Å²) in [4.78, 5) is 0. The van der Waals surface area contributed by atoms with Crippen LogP contribution in [0, 0.1) is 0 Å². The molecule has 0 aliphatic carbocycles. The van der Waals surface area contributed by atoms with Crippen molar-refractivity contribution in [3.8, 4) is 0 Å². The Balaban J connectivity index is 2.54. The van der Waals surface area contributed by atoms with Crippen molar-refractivity contribution in [2.24, 2.45) is 0 Å². The molecule has 0 aromatic heterocycles. The number of ether oxygens (including phenoxy) is 1. The molecule has 0 amide bonds. The molecule has 1 N–H and O–H groups in total. The third-order valence-electron chi connectivity index (χ3n) is 0.354. The molecule has 0 aliphatic heterocycles. The molecule has 1 radical (unpaired) electrons. The zero-order valence-corrected chi connectivity index (χ0v) is 3.49. The Labute approximate surface area is 31.9 Å². The maximum absolute atomic E-state index is 6.60. The van der Waals surface area contributed by atoms with E-state index in [2.05, 4.69) is 4.74 Å². The summed E-state index contributed by atoms with van der Waals surface area (Å²) in [5.74, 6) is 0. The van der Waals surface area contributed by atoms with Crippen molar-refractivity contribution >= 4 is 0 Å². The molecule has 0 saturated carbocycles. The zero-order valence-electron chi connectivity index (χ0n) is 3.49. The first kappa shape index (κ1) is 4.92. The molecule has 2 nitrogen and oxygen atoms in total. The minimum absolute atomic E-state index is 0.366. The summed E-state index contributed by atoms with van der Waals surface area (Å²) < 4.78 is 4.42. The highest BCUT2D eigenvalue weighted by atomic mass is 16.5. The van der Waals surface area contributed by atoms with E-state index in [0.717, 1.165) is 0 Å². The van der Waals surface area contributed by atoms with Gasteiger partial charge in [0.25, 0.3) is 0 Å². The highest BCUT2D eigenvalue weighted by Gasteiger charge is 1.79. The molecule has 0 bridgehead atoms. The number of hydrogen-bond acceptors (Lipinski definition) is 1. The van der Waals surface area contributed by atoms with Crippen molar-refractivity contribution in [2.75, 3.05) is 7.11 Å². The maximum Gasteiger partial charge on any atom is 0.117 e.